The molecule has 0 saturated carbocycles. The highest BCUT2D eigenvalue weighted by Crippen LogP contribution is 2.54. The first-order valence-corrected chi connectivity index (χ1v) is 38.3. The van der Waals surface area contributed by atoms with E-state index in [1.165, 1.54) is 70.1 Å². The third kappa shape index (κ3) is 10.6. The van der Waals surface area contributed by atoms with E-state index in [0.717, 1.165) is 95.4 Å². The van der Waals surface area contributed by atoms with E-state index in [1.54, 1.807) is 0 Å². The molecule has 0 saturated heterocycles. The summed E-state index contributed by atoms with van der Waals surface area (Å²) in [5.74, 6) is 0. The molecule has 0 aliphatic carbocycles. The minimum atomic E-state index is -3.18. The third-order valence-electron chi connectivity index (χ3n) is 21.8. The van der Waals surface area contributed by atoms with E-state index in [1.807, 2.05) is 0 Å². The Morgan fingerprint density at radius 3 is 1.02 bits per heavy atom. The molecule has 0 atom stereocenters. The van der Waals surface area contributed by atoms with Gasteiger partial charge >= 0.3 is 0 Å². The Labute approximate surface area is 607 Å². The molecular weight excluding hydrogens is 1260 g/mol. The van der Waals surface area contributed by atoms with Gasteiger partial charge in [-0.25, -0.2) is 0 Å². The second kappa shape index (κ2) is 25.2. The summed E-state index contributed by atoms with van der Waals surface area (Å²) < 4.78 is 2.56. The summed E-state index contributed by atoms with van der Waals surface area (Å²) in [5.41, 5.74) is 27.8. The van der Waals surface area contributed by atoms with E-state index >= 15 is 0 Å². The number of benzene rings is 15. The second-order valence-corrected chi connectivity index (χ2v) is 33.7. The van der Waals surface area contributed by atoms with Gasteiger partial charge in [0.25, 0.3) is 6.71 Å². The summed E-state index contributed by atoms with van der Waals surface area (Å²) in [5, 5.41) is 7.82. The van der Waals surface area contributed by atoms with Crippen LogP contribution >= 0.6 is 0 Å². The van der Waals surface area contributed by atoms with Crippen LogP contribution in [0, 0.1) is 0 Å². The fraction of sp³-hybridized carbons (Fsp3) is 0.0816. The number of hydrogen-bond donors (Lipinski definition) is 0. The lowest BCUT2D eigenvalue weighted by atomic mass is 9.33. The van der Waals surface area contributed by atoms with Crippen molar-refractivity contribution in [3.05, 3.63) is 375 Å². The molecule has 0 N–H and O–H groups in total. The zero-order valence-electron chi connectivity index (χ0n) is 59.1. The van der Waals surface area contributed by atoms with Gasteiger partial charge in [-0.1, -0.05) is 351 Å². The maximum atomic E-state index is 2.71. The number of anilines is 6. The molecule has 18 rings (SSSR count). The van der Waals surface area contributed by atoms with Gasteiger partial charge in [-0.3, -0.25) is 0 Å². The van der Waals surface area contributed by atoms with Crippen molar-refractivity contribution in [3.8, 4) is 61.3 Å². The van der Waals surface area contributed by atoms with Crippen molar-refractivity contribution in [2.45, 2.75) is 52.4 Å². The normalized spacial score (nSPS) is 12.7. The molecule has 0 bridgehead atoms. The first-order chi connectivity index (χ1) is 50.4. The molecule has 3 heterocycles. The molecule has 103 heavy (non-hydrogen) atoms. The van der Waals surface area contributed by atoms with Gasteiger partial charge in [0.15, 0.2) is 8.07 Å². The van der Waals surface area contributed by atoms with Crippen molar-refractivity contribution in [1.82, 2.24) is 4.57 Å². The van der Waals surface area contributed by atoms with Crippen molar-refractivity contribution in [2.75, 3.05) is 9.80 Å². The van der Waals surface area contributed by atoms with E-state index in [2.05, 4.69) is 420 Å². The highest BCUT2D eigenvalue weighted by Gasteiger charge is 2.48. The van der Waals surface area contributed by atoms with Gasteiger partial charge in [0.1, 0.15) is 0 Å². The van der Waals surface area contributed by atoms with Crippen LogP contribution in [0.3, 0.4) is 0 Å². The smallest absolute Gasteiger partial charge is 0.252 e. The Morgan fingerprint density at radius 2 is 0.631 bits per heavy atom. The number of hydrogen-bond acceptors (Lipinski definition) is 2. The quantitative estimate of drug-likeness (QED) is 0.0892. The molecule has 0 fully saturated rings. The fourth-order valence-corrected chi connectivity index (χ4v) is 21.7. The summed E-state index contributed by atoms with van der Waals surface area (Å²) in [7, 11) is -3.18. The SMILES string of the molecule is CC(C)(C)c1ccc2c(c1)c1cc(C(C)(C)C)ccc1n2-c1ccc2c(c1)N(c1c(-c3ccccc3)cccc1-c1ccccc1)c1cc(-c3ccccc3)cc3c1B2c1cc([Si](c2ccccc2)(c2ccccc2)c2ccccc2)ccc1N3c1c(-c2ccccc2)cccc1-c1ccccc1. The molecule has 2 aliphatic heterocycles. The van der Waals surface area contributed by atoms with Crippen LogP contribution in [0.15, 0.2) is 364 Å². The fourth-order valence-electron chi connectivity index (χ4n) is 16.9. The van der Waals surface area contributed by atoms with E-state index in [-0.39, 0.29) is 17.5 Å². The van der Waals surface area contributed by atoms with Crippen molar-refractivity contribution in [2.24, 2.45) is 0 Å². The molecule has 5 heteroatoms. The maximum Gasteiger partial charge on any atom is 0.252 e. The van der Waals surface area contributed by atoms with Crippen LogP contribution in [0.4, 0.5) is 34.1 Å². The van der Waals surface area contributed by atoms with Crippen LogP contribution in [-0.2, 0) is 10.8 Å². The average molecular weight is 1340 g/mol. The van der Waals surface area contributed by atoms with Gasteiger partial charge in [-0.05, 0) is 147 Å². The molecule has 16 aromatic rings. The van der Waals surface area contributed by atoms with Crippen molar-refractivity contribution in [1.29, 1.82) is 0 Å². The summed E-state index contributed by atoms with van der Waals surface area (Å²) in [6, 6.07) is 138. The standard InChI is InChI=1S/C98H78BN3Si/c1-97(2,3)73-53-58-88-84(63-73)85-64-74(98(4,5)6)54-59-89(85)100(88)75-55-57-86-91(65-75)102(96-82(70-39-21-10-22-40-70)51-32-52-83(96)71-41-23-11-24-42-71)93-62-72(67-33-15-7-16-34-67)61-92-94(93)99(86)87-66-79(103(76-43-25-12-26-44-76,77-45-27-13-28-46-77)78-47-29-14-30-48-78)56-60-90(87)101(92)95-80(68-35-17-8-18-36-68)49-31-50-81(95)69-37-19-9-20-38-69/h7-66H,1-6H3. The Morgan fingerprint density at radius 1 is 0.262 bits per heavy atom. The van der Waals surface area contributed by atoms with E-state index in [0.29, 0.717) is 0 Å². The van der Waals surface area contributed by atoms with Crippen molar-refractivity contribution in [3.63, 3.8) is 0 Å². The molecule has 2 aliphatic rings. The zero-order valence-corrected chi connectivity index (χ0v) is 60.1. The number of para-hydroxylation sites is 2. The average Bonchev–Trinajstić information content (AvgIpc) is 0.719. The first-order valence-electron chi connectivity index (χ1n) is 36.3. The monoisotopic (exact) mass is 1340 g/mol. The predicted octanol–water partition coefficient (Wildman–Crippen LogP) is 21.2. The van der Waals surface area contributed by atoms with Crippen molar-refractivity contribution < 1.29 is 0 Å². The minimum Gasteiger partial charge on any atom is -0.310 e. The Kier molecular flexibility index (Phi) is 15.5. The molecule has 0 unspecified atom stereocenters. The van der Waals surface area contributed by atoms with Crippen molar-refractivity contribution >= 4 is 108 Å². The third-order valence-corrected chi connectivity index (χ3v) is 26.6. The molecule has 0 spiro atoms. The number of rotatable bonds is 12. The zero-order chi connectivity index (χ0) is 69.6. The van der Waals surface area contributed by atoms with Gasteiger partial charge in [0.05, 0.1) is 22.4 Å². The largest absolute Gasteiger partial charge is 0.310 e. The van der Waals surface area contributed by atoms with Crippen LogP contribution in [0.5, 0.6) is 0 Å². The Hall–Kier alpha value is -12.0. The van der Waals surface area contributed by atoms with Crippen LogP contribution in [0.25, 0.3) is 83.1 Å². The molecule has 0 radical (unpaired) electrons. The van der Waals surface area contributed by atoms with E-state index in [4.69, 9.17) is 0 Å². The summed E-state index contributed by atoms with van der Waals surface area (Å²) in [4.78, 5) is 5.40. The summed E-state index contributed by atoms with van der Waals surface area (Å²) >= 11 is 0. The molecular formula is C98H78BN3Si. The highest BCUT2D eigenvalue weighted by molar-refractivity contribution is 7.20. The molecule has 492 valence electrons. The topological polar surface area (TPSA) is 11.4 Å². The van der Waals surface area contributed by atoms with Gasteiger partial charge < -0.3 is 14.4 Å². The predicted molar refractivity (Wildman–Crippen MR) is 443 cm³/mol. The lowest BCUT2D eigenvalue weighted by molar-refractivity contribution is 0.590. The number of aromatic nitrogens is 1. The lowest BCUT2D eigenvalue weighted by Crippen LogP contribution is -2.75. The molecule has 1 aromatic heterocycles. The van der Waals surface area contributed by atoms with E-state index in [9.17, 15) is 0 Å². The molecule has 0 amide bonds. The van der Waals surface area contributed by atoms with E-state index < -0.39 is 8.07 Å². The molecule has 15 aromatic carbocycles. The van der Waals surface area contributed by atoms with Crippen LogP contribution in [0.2, 0.25) is 0 Å². The Balaban J connectivity index is 1.03. The molecule has 3 nitrogen and oxygen atoms in total. The summed E-state index contributed by atoms with van der Waals surface area (Å²) in [6.07, 6.45) is 0. The lowest BCUT2D eigenvalue weighted by Gasteiger charge is -2.46. The number of fused-ring (bicyclic) bond motifs is 7. The summed E-state index contributed by atoms with van der Waals surface area (Å²) in [6.45, 7) is 13.7. The second-order valence-electron chi connectivity index (χ2n) is 29.9. The highest BCUT2D eigenvalue weighted by atomic mass is 28.3. The first kappa shape index (κ1) is 63.2. The van der Waals surface area contributed by atoms with Crippen LogP contribution in [0.1, 0.15) is 52.7 Å². The maximum absolute atomic E-state index is 3.18. The minimum absolute atomic E-state index is 0.0616. The van der Waals surface area contributed by atoms with Crippen LogP contribution in [-0.4, -0.2) is 19.4 Å². The van der Waals surface area contributed by atoms with Gasteiger partial charge in [-0.2, -0.15) is 0 Å². The van der Waals surface area contributed by atoms with Gasteiger partial charge in [0, 0.05) is 61.5 Å². The van der Waals surface area contributed by atoms with Crippen LogP contribution < -0.4 is 46.9 Å². The van der Waals surface area contributed by atoms with Gasteiger partial charge in [-0.15, -0.1) is 0 Å². The number of nitrogens with zero attached hydrogens (tertiary/aromatic N) is 3. The Bertz CT molecular complexity index is 5580. The van der Waals surface area contributed by atoms with Gasteiger partial charge in [0.2, 0.25) is 0 Å².